The van der Waals surface area contributed by atoms with Gasteiger partial charge in [0.2, 0.25) is 10.0 Å². The van der Waals surface area contributed by atoms with Crippen LogP contribution in [0.5, 0.6) is 0 Å². The van der Waals surface area contributed by atoms with Crippen LogP contribution < -0.4 is 4.72 Å². The molecule has 152 valence electrons. The highest BCUT2D eigenvalue weighted by atomic mass is 32.2. The van der Waals surface area contributed by atoms with E-state index in [0.29, 0.717) is 19.5 Å². The van der Waals surface area contributed by atoms with E-state index in [1.165, 1.54) is 13.2 Å². The summed E-state index contributed by atoms with van der Waals surface area (Å²) in [6, 6.07) is 3.84. The molecule has 0 saturated carbocycles. The van der Waals surface area contributed by atoms with Crippen LogP contribution in [0.1, 0.15) is 39.7 Å². The summed E-state index contributed by atoms with van der Waals surface area (Å²) < 4.78 is 33.0. The minimum atomic E-state index is -3.99. The number of hydrogen-bond donors (Lipinski definition) is 1. The molecule has 8 nitrogen and oxygen atoms in total. The number of carbonyl (C=O) groups excluding carboxylic acids is 1. The van der Waals surface area contributed by atoms with Gasteiger partial charge in [0.1, 0.15) is 16.6 Å². The quantitative estimate of drug-likeness (QED) is 0.370. The average molecular weight is 399 g/mol. The van der Waals surface area contributed by atoms with Gasteiger partial charge in [-0.25, -0.2) is 8.42 Å². The molecule has 1 N–H and O–H groups in total. The molecule has 1 unspecified atom stereocenters. The third-order valence-electron chi connectivity index (χ3n) is 3.90. The number of sulfonamides is 1. The zero-order valence-electron chi connectivity index (χ0n) is 16.9. The summed E-state index contributed by atoms with van der Waals surface area (Å²) in [6.07, 6.45) is 0.327. The monoisotopic (exact) mass is 398 g/mol. The van der Waals surface area contributed by atoms with Crippen LogP contribution in [0.4, 0.5) is 5.69 Å². The number of nitrogens with zero attached hydrogens (tertiary/aromatic N) is 3. The number of methoxy groups -OCH3 is 1. The van der Waals surface area contributed by atoms with E-state index in [2.05, 4.69) is 15.1 Å². The van der Waals surface area contributed by atoms with Crippen LogP contribution >= 0.6 is 0 Å². The zero-order valence-corrected chi connectivity index (χ0v) is 17.7. The maximum atomic E-state index is 12.9. The van der Waals surface area contributed by atoms with Gasteiger partial charge in [-0.1, -0.05) is 25.1 Å². The van der Waals surface area contributed by atoms with Crippen molar-refractivity contribution in [3.8, 4) is 0 Å². The first kappa shape index (κ1) is 23.0. The van der Waals surface area contributed by atoms with E-state index >= 15 is 0 Å². The molecule has 0 spiro atoms. The molecular weight excluding hydrogens is 368 g/mol. The number of esters is 1. The van der Waals surface area contributed by atoms with Crippen molar-refractivity contribution < 1.29 is 17.9 Å². The van der Waals surface area contributed by atoms with Crippen LogP contribution in [0.3, 0.4) is 0 Å². The number of carbonyl (C=O) groups is 1. The second kappa shape index (κ2) is 10.4. The van der Waals surface area contributed by atoms with Crippen LogP contribution in [0.15, 0.2) is 33.4 Å². The number of aryl methyl sites for hydroxylation is 1. The van der Waals surface area contributed by atoms with Crippen molar-refractivity contribution in [2.24, 2.45) is 16.3 Å². The lowest BCUT2D eigenvalue weighted by Crippen LogP contribution is -2.42. The average Bonchev–Trinajstić information content (AvgIpc) is 2.60. The number of rotatable bonds is 10. The van der Waals surface area contributed by atoms with E-state index in [1.807, 2.05) is 34.6 Å². The summed E-state index contributed by atoms with van der Waals surface area (Å²) in [5.41, 5.74) is 1.08. The van der Waals surface area contributed by atoms with Crippen molar-refractivity contribution in [1.82, 2.24) is 9.73 Å². The molecule has 0 aromatic heterocycles. The van der Waals surface area contributed by atoms with Crippen molar-refractivity contribution in [3.63, 3.8) is 0 Å². The Morgan fingerprint density at radius 1 is 1.26 bits per heavy atom. The van der Waals surface area contributed by atoms with Crippen LogP contribution in [-0.2, 0) is 19.6 Å². The minimum Gasteiger partial charge on any atom is -0.468 e. The molecule has 0 aliphatic heterocycles. The van der Waals surface area contributed by atoms with Crippen molar-refractivity contribution in [2.45, 2.75) is 52.0 Å². The second-order valence-electron chi connectivity index (χ2n) is 6.63. The molecule has 0 saturated heterocycles. The third kappa shape index (κ3) is 6.91. The second-order valence-corrected chi connectivity index (χ2v) is 8.31. The van der Waals surface area contributed by atoms with Crippen LogP contribution in [-0.4, -0.2) is 45.6 Å². The van der Waals surface area contributed by atoms with Gasteiger partial charge in [0.05, 0.1) is 7.11 Å². The van der Waals surface area contributed by atoms with Crippen LogP contribution in [0.2, 0.25) is 0 Å². The van der Waals surface area contributed by atoms with E-state index in [0.717, 1.165) is 5.56 Å². The molecular formula is C18H30N4O4S. The van der Waals surface area contributed by atoms with Gasteiger partial charge in [-0.2, -0.15) is 4.72 Å². The normalized spacial score (nSPS) is 13.1. The van der Waals surface area contributed by atoms with Crippen molar-refractivity contribution in [1.29, 1.82) is 0 Å². The smallest absolute Gasteiger partial charge is 0.323 e. The Bertz CT molecular complexity index is 759. The van der Waals surface area contributed by atoms with Crippen molar-refractivity contribution in [3.05, 3.63) is 23.8 Å². The Balaban J connectivity index is 3.27. The lowest BCUT2D eigenvalue weighted by Gasteiger charge is -2.19. The first-order valence-electron chi connectivity index (χ1n) is 9.01. The number of hydrogen-bond acceptors (Lipinski definition) is 6. The molecule has 0 heterocycles. The molecule has 0 radical (unpaired) electrons. The van der Waals surface area contributed by atoms with E-state index in [4.69, 9.17) is 4.74 Å². The fraction of sp³-hybridized carbons (Fsp3) is 0.611. The van der Waals surface area contributed by atoms with Crippen molar-refractivity contribution >= 4 is 21.7 Å². The predicted octanol–water partition coefficient (Wildman–Crippen LogP) is 3.20. The SMILES string of the molecule is CCN(CC)N=Nc1cc(C)ccc1S(=O)(=O)NC(CC(C)C)C(=O)OC. The molecule has 1 rings (SSSR count). The van der Waals surface area contributed by atoms with Gasteiger partial charge in [-0.15, -0.1) is 5.11 Å². The molecule has 0 aliphatic carbocycles. The Hall–Kier alpha value is -2.00. The third-order valence-corrected chi connectivity index (χ3v) is 5.42. The topological polar surface area (TPSA) is 100 Å². The Labute approximate surface area is 162 Å². The molecule has 0 fully saturated rings. The van der Waals surface area contributed by atoms with Gasteiger partial charge in [-0.05, 0) is 50.8 Å². The molecule has 1 aromatic rings. The van der Waals surface area contributed by atoms with E-state index < -0.39 is 22.0 Å². The highest BCUT2D eigenvalue weighted by Crippen LogP contribution is 2.27. The summed E-state index contributed by atoms with van der Waals surface area (Å²) in [6.45, 7) is 10.8. The van der Waals surface area contributed by atoms with Gasteiger partial charge in [0.15, 0.2) is 0 Å². The molecule has 0 bridgehead atoms. The largest absolute Gasteiger partial charge is 0.468 e. The minimum absolute atomic E-state index is 0.0262. The summed E-state index contributed by atoms with van der Waals surface area (Å²) >= 11 is 0. The summed E-state index contributed by atoms with van der Waals surface area (Å²) in [4.78, 5) is 12.0. The van der Waals surface area contributed by atoms with Crippen LogP contribution in [0.25, 0.3) is 0 Å². The summed E-state index contributed by atoms with van der Waals surface area (Å²) in [5.74, 6) is -0.512. The number of nitrogens with one attached hydrogen (secondary N) is 1. The molecule has 27 heavy (non-hydrogen) atoms. The fourth-order valence-corrected chi connectivity index (χ4v) is 3.77. The van der Waals surface area contributed by atoms with Gasteiger partial charge in [-0.3, -0.25) is 9.80 Å². The van der Waals surface area contributed by atoms with E-state index in [1.54, 1.807) is 17.1 Å². The van der Waals surface area contributed by atoms with Crippen LogP contribution in [0, 0.1) is 12.8 Å². The summed E-state index contributed by atoms with van der Waals surface area (Å²) in [5, 5.41) is 9.93. The molecule has 1 aromatic carbocycles. The van der Waals surface area contributed by atoms with Gasteiger partial charge in [0.25, 0.3) is 0 Å². The van der Waals surface area contributed by atoms with E-state index in [9.17, 15) is 13.2 Å². The molecule has 1 atom stereocenters. The fourth-order valence-electron chi connectivity index (χ4n) is 2.45. The maximum Gasteiger partial charge on any atom is 0.323 e. The van der Waals surface area contributed by atoms with Crippen molar-refractivity contribution in [2.75, 3.05) is 20.2 Å². The predicted molar refractivity (Wildman–Crippen MR) is 104 cm³/mol. The lowest BCUT2D eigenvalue weighted by atomic mass is 10.1. The Morgan fingerprint density at radius 3 is 2.41 bits per heavy atom. The number of benzene rings is 1. The maximum absolute atomic E-state index is 12.9. The number of ether oxygens (including phenoxy) is 1. The highest BCUT2D eigenvalue weighted by molar-refractivity contribution is 7.89. The van der Waals surface area contributed by atoms with Gasteiger partial charge in [0, 0.05) is 13.1 Å². The Morgan fingerprint density at radius 2 is 1.89 bits per heavy atom. The molecule has 9 heteroatoms. The first-order chi connectivity index (χ1) is 12.6. The van der Waals surface area contributed by atoms with E-state index in [-0.39, 0.29) is 16.5 Å². The summed E-state index contributed by atoms with van der Waals surface area (Å²) in [7, 11) is -2.76. The Kier molecular flexibility index (Phi) is 8.84. The first-order valence-corrected chi connectivity index (χ1v) is 10.5. The van der Waals surface area contributed by atoms with Gasteiger partial charge >= 0.3 is 5.97 Å². The van der Waals surface area contributed by atoms with Gasteiger partial charge < -0.3 is 4.74 Å². The standard InChI is InChI=1S/C18H30N4O4S/c1-7-22(8-2)21-19-15-12-14(5)9-10-17(15)27(24,25)20-16(11-13(3)4)18(23)26-6/h9-10,12-13,16,20H,7-8,11H2,1-6H3. The molecule has 0 amide bonds. The highest BCUT2D eigenvalue weighted by Gasteiger charge is 2.28. The molecule has 0 aliphatic rings. The zero-order chi connectivity index (χ0) is 20.6. The lowest BCUT2D eigenvalue weighted by molar-refractivity contribution is -0.143.